The van der Waals surface area contributed by atoms with Crippen LogP contribution in [0.1, 0.15) is 57.7 Å². The number of carbonyl (C=O) groups is 1. The molecule has 26 heavy (non-hydrogen) atoms. The normalized spacial score (nSPS) is 12.7. The number of alkyl carbamates (subject to hydrolysis) is 1. The number of aliphatic imine (C=N–C) groups is 1. The molecule has 0 spiro atoms. The summed E-state index contributed by atoms with van der Waals surface area (Å²) in [5.74, 6) is 0. The Balaban J connectivity index is 2.92. The predicted molar refractivity (Wildman–Crippen MR) is 111 cm³/mol. The first-order valence-corrected chi connectivity index (χ1v) is 9.06. The first-order valence-electron chi connectivity index (χ1n) is 8.68. The summed E-state index contributed by atoms with van der Waals surface area (Å²) in [7, 11) is 0. The van der Waals surface area contributed by atoms with E-state index in [1.54, 1.807) is 6.21 Å². The fourth-order valence-electron chi connectivity index (χ4n) is 2.40. The molecular formula is C21H29ClN2O2. The van der Waals surface area contributed by atoms with Crippen molar-refractivity contribution in [3.63, 3.8) is 0 Å². The minimum absolute atomic E-state index is 0.267. The molecule has 1 aromatic carbocycles. The van der Waals surface area contributed by atoms with Gasteiger partial charge in [0.15, 0.2) is 0 Å². The molecule has 0 aromatic heterocycles. The van der Waals surface area contributed by atoms with E-state index in [1.165, 1.54) is 0 Å². The Morgan fingerprint density at radius 3 is 2.54 bits per heavy atom. The summed E-state index contributed by atoms with van der Waals surface area (Å²) in [6.07, 6.45) is 2.20. The third-order valence-corrected chi connectivity index (χ3v) is 3.92. The number of halogens is 1. The molecule has 0 bridgehead atoms. The van der Waals surface area contributed by atoms with Gasteiger partial charge < -0.3 is 10.1 Å². The molecule has 0 unspecified atom stereocenters. The fourth-order valence-corrected chi connectivity index (χ4v) is 2.44. The molecule has 1 aromatic rings. The molecule has 0 saturated carbocycles. The average Bonchev–Trinajstić information content (AvgIpc) is 2.52. The van der Waals surface area contributed by atoms with E-state index in [1.807, 2.05) is 39.8 Å². The molecule has 0 fully saturated rings. The Morgan fingerprint density at radius 1 is 1.38 bits per heavy atom. The highest BCUT2D eigenvalue weighted by Crippen LogP contribution is 2.22. The maximum atomic E-state index is 11.8. The summed E-state index contributed by atoms with van der Waals surface area (Å²) < 4.78 is 5.26. The van der Waals surface area contributed by atoms with Gasteiger partial charge >= 0.3 is 6.09 Å². The number of benzene rings is 1. The van der Waals surface area contributed by atoms with Crippen LogP contribution in [0.25, 0.3) is 5.57 Å². The summed E-state index contributed by atoms with van der Waals surface area (Å²) in [4.78, 5) is 15.9. The molecular weight excluding hydrogens is 348 g/mol. The average molecular weight is 377 g/mol. The third kappa shape index (κ3) is 7.44. The number of aryl methyl sites for hydroxylation is 1. The Kier molecular flexibility index (Phi) is 8.09. The summed E-state index contributed by atoms with van der Waals surface area (Å²) in [6, 6.07) is 6.18. The first-order chi connectivity index (χ1) is 12.0. The molecule has 0 heterocycles. The van der Waals surface area contributed by atoms with Gasteiger partial charge in [0.25, 0.3) is 0 Å². The molecule has 0 saturated heterocycles. The van der Waals surface area contributed by atoms with Crippen LogP contribution in [0.2, 0.25) is 0 Å². The molecule has 142 valence electrons. The van der Waals surface area contributed by atoms with E-state index in [2.05, 4.69) is 36.8 Å². The number of allylic oxidation sites excluding steroid dienone is 2. The maximum absolute atomic E-state index is 11.8. The van der Waals surface area contributed by atoms with E-state index in [4.69, 9.17) is 16.3 Å². The van der Waals surface area contributed by atoms with Gasteiger partial charge in [0.05, 0.1) is 0 Å². The van der Waals surface area contributed by atoms with E-state index in [-0.39, 0.29) is 5.16 Å². The van der Waals surface area contributed by atoms with Crippen molar-refractivity contribution in [1.82, 2.24) is 5.32 Å². The predicted octanol–water partition coefficient (Wildman–Crippen LogP) is 5.98. The molecule has 1 rings (SSSR count). The lowest BCUT2D eigenvalue weighted by atomic mass is 9.96. The second-order valence-corrected chi connectivity index (χ2v) is 7.57. The summed E-state index contributed by atoms with van der Waals surface area (Å²) >= 11 is 5.72. The standard InChI is InChI=1S/C21H29ClN2O2/c1-8-17(12-23-16(4)22)15(3)18-9-10-19(14(2)11-18)13-24-20(25)26-21(5,6)7/h9-12H,4,8,13H2,1-3,5-7H3,(H,24,25)/b17-15+,23-12?. The Hall–Kier alpha value is -2.07. The zero-order valence-electron chi connectivity index (χ0n) is 16.6. The van der Waals surface area contributed by atoms with Gasteiger partial charge in [-0.25, -0.2) is 9.79 Å². The van der Waals surface area contributed by atoms with Crippen LogP contribution in [0.4, 0.5) is 4.79 Å². The van der Waals surface area contributed by atoms with E-state index < -0.39 is 11.7 Å². The smallest absolute Gasteiger partial charge is 0.407 e. The number of amides is 1. The van der Waals surface area contributed by atoms with E-state index in [0.29, 0.717) is 6.54 Å². The number of nitrogens with zero attached hydrogens (tertiary/aromatic N) is 1. The lowest BCUT2D eigenvalue weighted by molar-refractivity contribution is 0.0523. The van der Waals surface area contributed by atoms with Gasteiger partial charge in [0, 0.05) is 12.8 Å². The van der Waals surface area contributed by atoms with Crippen LogP contribution in [-0.4, -0.2) is 17.9 Å². The van der Waals surface area contributed by atoms with Crippen LogP contribution in [0.3, 0.4) is 0 Å². The van der Waals surface area contributed by atoms with Gasteiger partial charge in [-0.1, -0.05) is 43.3 Å². The lowest BCUT2D eigenvalue weighted by Gasteiger charge is -2.20. The molecule has 0 aliphatic heterocycles. The van der Waals surface area contributed by atoms with E-state index >= 15 is 0 Å². The zero-order valence-corrected chi connectivity index (χ0v) is 17.3. The van der Waals surface area contributed by atoms with Crippen molar-refractivity contribution < 1.29 is 9.53 Å². The number of carbonyl (C=O) groups excluding carboxylic acids is 1. The highest BCUT2D eigenvalue weighted by atomic mass is 35.5. The summed E-state index contributed by atoms with van der Waals surface area (Å²) in [6.45, 7) is 15.7. The number of hydrogen-bond acceptors (Lipinski definition) is 3. The van der Waals surface area contributed by atoms with Crippen molar-refractivity contribution >= 4 is 29.5 Å². The molecule has 0 aliphatic rings. The maximum Gasteiger partial charge on any atom is 0.407 e. The quantitative estimate of drug-likeness (QED) is 0.490. The number of nitrogens with one attached hydrogen (secondary N) is 1. The van der Waals surface area contributed by atoms with Gasteiger partial charge in [-0.3, -0.25) is 0 Å². The lowest BCUT2D eigenvalue weighted by Crippen LogP contribution is -2.32. The van der Waals surface area contributed by atoms with Crippen molar-refractivity contribution in [1.29, 1.82) is 0 Å². The van der Waals surface area contributed by atoms with Crippen molar-refractivity contribution in [3.8, 4) is 0 Å². The molecule has 0 aliphatic carbocycles. The van der Waals surface area contributed by atoms with Crippen molar-refractivity contribution in [2.45, 2.75) is 60.1 Å². The SMILES string of the molecule is C=C(Cl)N=C/C(CC)=C(\C)c1ccc(CNC(=O)OC(C)(C)C)c(C)c1. The van der Waals surface area contributed by atoms with Gasteiger partial charge in [0.2, 0.25) is 0 Å². The highest BCUT2D eigenvalue weighted by molar-refractivity contribution is 6.29. The van der Waals surface area contributed by atoms with E-state index in [9.17, 15) is 4.79 Å². The van der Waals surface area contributed by atoms with Gasteiger partial charge in [-0.15, -0.1) is 0 Å². The van der Waals surface area contributed by atoms with Crippen LogP contribution >= 0.6 is 11.6 Å². The fraction of sp³-hybridized carbons (Fsp3) is 0.429. The highest BCUT2D eigenvalue weighted by Gasteiger charge is 2.16. The van der Waals surface area contributed by atoms with Gasteiger partial charge in [-0.2, -0.15) is 0 Å². The Labute approximate surface area is 162 Å². The van der Waals surface area contributed by atoms with Crippen LogP contribution in [0.5, 0.6) is 0 Å². The van der Waals surface area contributed by atoms with E-state index in [0.717, 1.165) is 34.3 Å². The van der Waals surface area contributed by atoms with Gasteiger partial charge in [0.1, 0.15) is 10.8 Å². The molecule has 0 radical (unpaired) electrons. The Morgan fingerprint density at radius 2 is 2.04 bits per heavy atom. The zero-order chi connectivity index (χ0) is 19.9. The van der Waals surface area contributed by atoms with Crippen molar-refractivity contribution in [2.24, 2.45) is 4.99 Å². The number of rotatable bonds is 6. The summed E-state index contributed by atoms with van der Waals surface area (Å²) in [5.41, 5.74) is 5.01. The summed E-state index contributed by atoms with van der Waals surface area (Å²) in [5, 5.41) is 3.06. The van der Waals surface area contributed by atoms with Crippen LogP contribution in [0.15, 0.2) is 40.5 Å². The Bertz CT molecular complexity index is 728. The monoisotopic (exact) mass is 376 g/mol. The first kappa shape index (κ1) is 22.0. The molecule has 1 amide bonds. The second kappa shape index (κ2) is 9.58. The van der Waals surface area contributed by atoms with Crippen molar-refractivity contribution in [2.75, 3.05) is 0 Å². The van der Waals surface area contributed by atoms with Gasteiger partial charge in [-0.05, 0) is 68.9 Å². The minimum atomic E-state index is -0.503. The molecule has 5 heteroatoms. The topological polar surface area (TPSA) is 50.7 Å². The number of hydrogen-bond donors (Lipinski definition) is 1. The van der Waals surface area contributed by atoms with Crippen LogP contribution in [-0.2, 0) is 11.3 Å². The largest absolute Gasteiger partial charge is 0.444 e. The molecule has 0 atom stereocenters. The number of ether oxygens (including phenoxy) is 1. The van der Waals surface area contributed by atoms with Crippen LogP contribution < -0.4 is 5.32 Å². The minimum Gasteiger partial charge on any atom is -0.444 e. The molecule has 1 N–H and O–H groups in total. The van der Waals surface area contributed by atoms with Crippen molar-refractivity contribution in [3.05, 3.63) is 52.2 Å². The third-order valence-electron chi connectivity index (χ3n) is 3.82. The second-order valence-electron chi connectivity index (χ2n) is 7.13. The molecule has 4 nitrogen and oxygen atoms in total. The van der Waals surface area contributed by atoms with Crippen LogP contribution in [0, 0.1) is 6.92 Å².